The van der Waals surface area contributed by atoms with E-state index in [1.807, 2.05) is 23.5 Å². The monoisotopic (exact) mass is 356 g/mol. The van der Waals surface area contributed by atoms with E-state index in [0.29, 0.717) is 0 Å². The summed E-state index contributed by atoms with van der Waals surface area (Å²) < 4.78 is 13.3. The van der Waals surface area contributed by atoms with E-state index >= 15 is 0 Å². The van der Waals surface area contributed by atoms with Gasteiger partial charge in [0.1, 0.15) is 5.82 Å². The summed E-state index contributed by atoms with van der Waals surface area (Å²) in [4.78, 5) is 7.50. The van der Waals surface area contributed by atoms with Crippen molar-refractivity contribution >= 4 is 11.3 Å². The minimum absolute atomic E-state index is 0.151. The first-order valence-corrected chi connectivity index (χ1v) is 9.35. The number of piperazine rings is 1. The maximum Gasteiger partial charge on any atom is 0.123 e. The molecule has 0 amide bonds. The minimum atomic E-state index is -0.151. The molecule has 2 aromatic heterocycles. The number of thiophene rings is 1. The van der Waals surface area contributed by atoms with Gasteiger partial charge < -0.3 is 0 Å². The zero-order valence-corrected chi connectivity index (χ0v) is 14.8. The molecule has 0 atom stereocenters. The van der Waals surface area contributed by atoms with E-state index in [9.17, 15) is 4.39 Å². The molecule has 0 aliphatic carbocycles. The molecule has 0 spiro atoms. The van der Waals surface area contributed by atoms with Crippen molar-refractivity contribution in [2.75, 3.05) is 26.2 Å². The summed E-state index contributed by atoms with van der Waals surface area (Å²) in [5.41, 5.74) is 2.13. The largest absolute Gasteiger partial charge is 0.297 e. The molecule has 1 N–H and O–H groups in total. The van der Waals surface area contributed by atoms with Crippen molar-refractivity contribution in [2.45, 2.75) is 13.1 Å². The third-order valence-corrected chi connectivity index (χ3v) is 5.67. The third-order valence-electron chi connectivity index (χ3n) is 4.57. The molecule has 0 radical (unpaired) electrons. The van der Waals surface area contributed by atoms with Crippen LogP contribution in [0.4, 0.5) is 4.39 Å². The highest BCUT2D eigenvalue weighted by atomic mass is 32.1. The van der Waals surface area contributed by atoms with E-state index in [4.69, 9.17) is 0 Å². The van der Waals surface area contributed by atoms with Crippen LogP contribution >= 0.6 is 11.3 Å². The van der Waals surface area contributed by atoms with Crippen LogP contribution in [-0.4, -0.2) is 46.2 Å². The lowest BCUT2D eigenvalue weighted by atomic mass is 10.2. The number of rotatable bonds is 5. The first-order chi connectivity index (χ1) is 12.3. The van der Waals surface area contributed by atoms with Gasteiger partial charge in [0.2, 0.25) is 0 Å². The zero-order valence-electron chi connectivity index (χ0n) is 14.0. The quantitative estimate of drug-likeness (QED) is 0.759. The molecule has 0 saturated carbocycles. The average Bonchev–Trinajstić information content (AvgIpc) is 3.28. The van der Waals surface area contributed by atoms with Gasteiger partial charge in [-0.1, -0.05) is 12.1 Å². The normalized spacial score (nSPS) is 16.4. The molecule has 1 aromatic carbocycles. The van der Waals surface area contributed by atoms with Gasteiger partial charge in [-0.2, -0.15) is 5.10 Å². The second-order valence-electron chi connectivity index (χ2n) is 6.42. The summed E-state index contributed by atoms with van der Waals surface area (Å²) in [6.45, 7) is 5.96. The molecule has 0 unspecified atom stereocenters. The number of hydrogen-bond donors (Lipinski definition) is 1. The Hall–Kier alpha value is -2.02. The fraction of sp³-hybridized carbons (Fsp3) is 0.316. The first kappa shape index (κ1) is 16.4. The van der Waals surface area contributed by atoms with E-state index < -0.39 is 0 Å². The Morgan fingerprint density at radius 2 is 1.80 bits per heavy atom. The molecule has 1 fully saturated rings. The molecular formula is C19H21FN4S. The minimum Gasteiger partial charge on any atom is -0.297 e. The van der Waals surface area contributed by atoms with Crippen LogP contribution in [0, 0.1) is 5.82 Å². The van der Waals surface area contributed by atoms with Gasteiger partial charge in [-0.05, 0) is 35.9 Å². The Kier molecular flexibility index (Phi) is 4.92. The van der Waals surface area contributed by atoms with Gasteiger partial charge in [-0.15, -0.1) is 11.3 Å². The summed E-state index contributed by atoms with van der Waals surface area (Å²) in [7, 11) is 0. The topological polar surface area (TPSA) is 35.2 Å². The van der Waals surface area contributed by atoms with Gasteiger partial charge in [0.15, 0.2) is 0 Å². The van der Waals surface area contributed by atoms with Crippen LogP contribution in [0.3, 0.4) is 0 Å². The fourth-order valence-corrected chi connectivity index (χ4v) is 4.25. The lowest BCUT2D eigenvalue weighted by molar-refractivity contribution is 0.123. The number of benzene rings is 1. The number of halogens is 1. The molecule has 0 bridgehead atoms. The Balaban J connectivity index is 1.29. The highest BCUT2D eigenvalue weighted by Crippen LogP contribution is 2.27. The van der Waals surface area contributed by atoms with Crippen LogP contribution in [-0.2, 0) is 13.1 Å². The summed E-state index contributed by atoms with van der Waals surface area (Å²) in [5.74, 6) is -0.151. The average molecular weight is 356 g/mol. The number of nitrogens with one attached hydrogen (secondary N) is 1. The predicted molar refractivity (Wildman–Crippen MR) is 98.9 cm³/mol. The number of aromatic amines is 1. The van der Waals surface area contributed by atoms with Crippen LogP contribution in [0.25, 0.3) is 10.6 Å². The first-order valence-electron chi connectivity index (χ1n) is 8.54. The molecule has 1 aliphatic rings. The van der Waals surface area contributed by atoms with Gasteiger partial charge in [0, 0.05) is 50.3 Å². The molecular weight excluding hydrogens is 335 g/mol. The van der Waals surface area contributed by atoms with Crippen LogP contribution in [0.2, 0.25) is 0 Å². The second-order valence-corrected chi connectivity index (χ2v) is 7.59. The molecule has 3 heterocycles. The predicted octanol–water partition coefficient (Wildman–Crippen LogP) is 3.60. The standard InChI is InChI=1S/C19H21FN4S/c20-16-3-1-2-15(12-16)13-23-8-10-24(11-9-23)14-17-4-5-19(25-17)18-6-7-21-22-18/h1-7,12H,8-11,13-14H2,(H,21,22). The SMILES string of the molecule is Fc1cccc(CN2CCN(Cc3ccc(-c4ccn[nH]4)s3)CC2)c1. The maximum atomic E-state index is 13.3. The molecule has 3 aromatic rings. The number of aromatic nitrogens is 2. The molecule has 130 valence electrons. The van der Waals surface area contributed by atoms with E-state index in [0.717, 1.165) is 50.5 Å². The Bertz CT molecular complexity index is 806. The van der Waals surface area contributed by atoms with Gasteiger partial charge in [-0.25, -0.2) is 4.39 Å². The zero-order chi connectivity index (χ0) is 17.1. The summed E-state index contributed by atoms with van der Waals surface area (Å²) >= 11 is 1.82. The molecule has 1 saturated heterocycles. The second kappa shape index (κ2) is 7.47. The lowest BCUT2D eigenvalue weighted by Gasteiger charge is -2.34. The van der Waals surface area contributed by atoms with E-state index in [1.165, 1.54) is 15.8 Å². The lowest BCUT2D eigenvalue weighted by Crippen LogP contribution is -2.45. The molecule has 25 heavy (non-hydrogen) atoms. The van der Waals surface area contributed by atoms with E-state index in [1.54, 1.807) is 18.3 Å². The van der Waals surface area contributed by atoms with Crippen LogP contribution in [0.15, 0.2) is 48.7 Å². The summed E-state index contributed by atoms with van der Waals surface area (Å²) in [6, 6.07) is 13.3. The van der Waals surface area contributed by atoms with Gasteiger partial charge in [0.05, 0.1) is 10.6 Å². The highest BCUT2D eigenvalue weighted by molar-refractivity contribution is 7.15. The summed E-state index contributed by atoms with van der Waals surface area (Å²) in [6.07, 6.45) is 1.78. The van der Waals surface area contributed by atoms with Crippen molar-refractivity contribution in [3.8, 4) is 10.6 Å². The van der Waals surface area contributed by atoms with Crippen LogP contribution in [0.1, 0.15) is 10.4 Å². The smallest absolute Gasteiger partial charge is 0.123 e. The van der Waals surface area contributed by atoms with Gasteiger partial charge in [-0.3, -0.25) is 14.9 Å². The molecule has 4 nitrogen and oxygen atoms in total. The molecule has 1 aliphatic heterocycles. The van der Waals surface area contributed by atoms with Crippen LogP contribution < -0.4 is 0 Å². The molecule has 6 heteroatoms. The van der Waals surface area contributed by atoms with Gasteiger partial charge in [0.25, 0.3) is 0 Å². The third kappa shape index (κ3) is 4.15. The molecule has 4 rings (SSSR count). The Labute approximate surface area is 150 Å². The highest BCUT2D eigenvalue weighted by Gasteiger charge is 2.18. The van der Waals surface area contributed by atoms with Crippen molar-refractivity contribution in [2.24, 2.45) is 0 Å². The van der Waals surface area contributed by atoms with Crippen molar-refractivity contribution in [3.05, 3.63) is 64.9 Å². The van der Waals surface area contributed by atoms with E-state index in [-0.39, 0.29) is 5.82 Å². The van der Waals surface area contributed by atoms with Crippen molar-refractivity contribution in [3.63, 3.8) is 0 Å². The maximum absolute atomic E-state index is 13.3. The van der Waals surface area contributed by atoms with Crippen LogP contribution in [0.5, 0.6) is 0 Å². The summed E-state index contributed by atoms with van der Waals surface area (Å²) in [5, 5.41) is 7.03. The Morgan fingerprint density at radius 3 is 2.52 bits per heavy atom. The van der Waals surface area contributed by atoms with E-state index in [2.05, 4.69) is 32.1 Å². The van der Waals surface area contributed by atoms with Crippen molar-refractivity contribution in [1.29, 1.82) is 0 Å². The fourth-order valence-electron chi connectivity index (χ4n) is 3.22. The number of H-pyrrole nitrogens is 1. The van der Waals surface area contributed by atoms with Crippen molar-refractivity contribution in [1.82, 2.24) is 20.0 Å². The number of hydrogen-bond acceptors (Lipinski definition) is 4. The number of nitrogens with zero attached hydrogens (tertiary/aromatic N) is 3. The van der Waals surface area contributed by atoms with Crippen molar-refractivity contribution < 1.29 is 4.39 Å². The Morgan fingerprint density at radius 1 is 1.00 bits per heavy atom. The van der Waals surface area contributed by atoms with Gasteiger partial charge >= 0.3 is 0 Å².